The molecule has 0 saturated heterocycles. The van der Waals surface area contributed by atoms with Gasteiger partial charge in [-0.1, -0.05) is 54.9 Å². The molecule has 0 atom stereocenters. The minimum Gasteiger partial charge on any atom is -0.483 e. The number of anilines is 1. The Morgan fingerprint density at radius 3 is 2.57 bits per heavy atom. The van der Waals surface area contributed by atoms with Crippen LogP contribution in [0.15, 0.2) is 79.5 Å². The Kier molecular flexibility index (Phi) is 7.94. The van der Waals surface area contributed by atoms with E-state index in [9.17, 15) is 9.59 Å². The maximum Gasteiger partial charge on any atom is 0.282 e. The Labute approximate surface area is 231 Å². The smallest absolute Gasteiger partial charge is 0.282 e. The van der Waals surface area contributed by atoms with Crippen LogP contribution in [-0.2, 0) is 10.2 Å². The molecule has 1 N–H and O–H groups in total. The van der Waals surface area contributed by atoms with Crippen molar-refractivity contribution >= 4 is 60.6 Å². The molecule has 1 aromatic heterocycles. The van der Waals surface area contributed by atoms with Gasteiger partial charge >= 0.3 is 0 Å². The number of carbonyl (C=O) groups excluding carboxylic acids is 1. The first-order chi connectivity index (χ1) is 17.5. The van der Waals surface area contributed by atoms with Crippen molar-refractivity contribution in [2.45, 2.75) is 33.1 Å². The maximum absolute atomic E-state index is 13.3. The third kappa shape index (κ3) is 6.34. The topological polar surface area (TPSA) is 85.6 Å². The largest absolute Gasteiger partial charge is 0.483 e. The Hall–Kier alpha value is -3.30. The van der Waals surface area contributed by atoms with Crippen LogP contribution in [0.3, 0.4) is 0 Å². The number of hydrogen-bond acceptors (Lipinski definition) is 5. The Morgan fingerprint density at radius 2 is 1.86 bits per heavy atom. The van der Waals surface area contributed by atoms with Crippen molar-refractivity contribution in [1.82, 2.24) is 9.66 Å². The van der Waals surface area contributed by atoms with Crippen LogP contribution in [0.4, 0.5) is 5.69 Å². The first-order valence-corrected chi connectivity index (χ1v) is 13.2. The fraction of sp³-hybridized carbons (Fsp3) is 0.214. The van der Waals surface area contributed by atoms with Crippen molar-refractivity contribution in [2.24, 2.45) is 5.10 Å². The molecule has 190 valence electrons. The van der Waals surface area contributed by atoms with Crippen LogP contribution in [0.1, 0.15) is 37.7 Å². The fourth-order valence-corrected chi connectivity index (χ4v) is 4.49. The third-order valence-corrected chi connectivity index (χ3v) is 6.65. The summed E-state index contributed by atoms with van der Waals surface area (Å²) in [6.07, 6.45) is 1.60. The number of fused-ring (bicyclic) bond motifs is 1. The number of aryl methyl sites for hydroxylation is 1. The zero-order valence-corrected chi connectivity index (χ0v) is 24.1. The highest BCUT2D eigenvalue weighted by Gasteiger charge is 2.23. The van der Waals surface area contributed by atoms with Crippen molar-refractivity contribution in [2.75, 3.05) is 11.9 Å². The zero-order valence-electron chi connectivity index (χ0n) is 20.9. The number of aromatic nitrogens is 2. The number of halogens is 2. The van der Waals surface area contributed by atoms with E-state index in [1.54, 1.807) is 24.4 Å². The monoisotopic (exact) mass is 624 g/mol. The van der Waals surface area contributed by atoms with E-state index >= 15 is 0 Å². The van der Waals surface area contributed by atoms with Gasteiger partial charge in [-0.25, -0.2) is 4.98 Å². The van der Waals surface area contributed by atoms with E-state index in [0.29, 0.717) is 26.9 Å². The summed E-state index contributed by atoms with van der Waals surface area (Å²) < 4.78 is 8.50. The molecule has 7 nitrogen and oxygen atoms in total. The van der Waals surface area contributed by atoms with E-state index in [1.165, 1.54) is 4.68 Å². The molecular weight excluding hydrogens is 600 g/mol. The normalized spacial score (nSPS) is 11.7. The maximum atomic E-state index is 13.3. The van der Waals surface area contributed by atoms with Crippen molar-refractivity contribution in [1.29, 1.82) is 0 Å². The summed E-state index contributed by atoms with van der Waals surface area (Å²) in [6.45, 7) is 7.76. The zero-order chi connectivity index (χ0) is 26.7. The summed E-state index contributed by atoms with van der Waals surface area (Å²) in [5.74, 6) is 0.820. The summed E-state index contributed by atoms with van der Waals surface area (Å²) in [6, 6.07) is 18.3. The van der Waals surface area contributed by atoms with Crippen molar-refractivity contribution in [3.05, 3.63) is 96.9 Å². The van der Waals surface area contributed by atoms with Crippen LogP contribution in [0.2, 0.25) is 0 Å². The average molecular weight is 626 g/mol. The lowest BCUT2D eigenvalue weighted by Crippen LogP contribution is -2.29. The number of benzene rings is 3. The molecule has 0 aliphatic carbocycles. The molecule has 4 aromatic rings. The first-order valence-electron chi connectivity index (χ1n) is 11.6. The number of ether oxygens (including phenoxy) is 1. The van der Waals surface area contributed by atoms with E-state index in [1.807, 2.05) is 70.2 Å². The van der Waals surface area contributed by atoms with Crippen LogP contribution in [-0.4, -0.2) is 28.4 Å². The van der Waals surface area contributed by atoms with Crippen molar-refractivity contribution in [3.63, 3.8) is 0 Å². The summed E-state index contributed by atoms with van der Waals surface area (Å²) >= 11 is 6.92. The molecule has 3 aromatic carbocycles. The molecule has 1 amide bonds. The molecular formula is C28H26Br2N4O3. The van der Waals surface area contributed by atoms with Gasteiger partial charge in [-0.05, 0) is 76.4 Å². The van der Waals surface area contributed by atoms with Gasteiger partial charge in [-0.2, -0.15) is 9.78 Å². The lowest BCUT2D eigenvalue weighted by Gasteiger charge is -2.20. The van der Waals surface area contributed by atoms with E-state index in [4.69, 9.17) is 9.72 Å². The van der Waals surface area contributed by atoms with E-state index in [0.717, 1.165) is 21.3 Å². The van der Waals surface area contributed by atoms with E-state index < -0.39 is 5.41 Å². The molecule has 4 rings (SSSR count). The number of amides is 1. The van der Waals surface area contributed by atoms with Crippen molar-refractivity contribution in [3.8, 4) is 5.75 Å². The second-order valence-corrected chi connectivity index (χ2v) is 11.3. The molecule has 9 heteroatoms. The standard InChI is InChI=1S/C28H26Br2N4O3/c1-17-7-5-6-8-22(17)32-25(35)16-37-24-12-9-18(13-21(24)30)15-31-34-26(36)20-14-19(29)10-11-23(20)33-27(34)28(2,3)4/h5-15H,16H2,1-4H3,(H,32,35). The van der Waals surface area contributed by atoms with Gasteiger partial charge in [0.2, 0.25) is 0 Å². The van der Waals surface area contributed by atoms with E-state index in [2.05, 4.69) is 42.3 Å². The number of rotatable bonds is 6. The SMILES string of the molecule is Cc1ccccc1NC(=O)COc1ccc(C=Nn2c(C(C)(C)C)nc3ccc(Br)cc3c2=O)cc1Br. The number of nitrogens with one attached hydrogen (secondary N) is 1. The molecule has 0 radical (unpaired) electrons. The van der Waals surface area contributed by atoms with E-state index in [-0.39, 0.29) is 18.1 Å². The quantitative estimate of drug-likeness (QED) is 0.250. The Bertz CT molecular complexity index is 1570. The summed E-state index contributed by atoms with van der Waals surface area (Å²) in [5.41, 5.74) is 2.44. The molecule has 0 saturated carbocycles. The van der Waals surface area contributed by atoms with Gasteiger partial charge in [0.25, 0.3) is 11.5 Å². The first kappa shape index (κ1) is 26.8. The van der Waals surface area contributed by atoms with Crippen LogP contribution >= 0.6 is 31.9 Å². The van der Waals surface area contributed by atoms with Gasteiger partial charge in [-0.3, -0.25) is 9.59 Å². The average Bonchev–Trinajstić information content (AvgIpc) is 2.84. The summed E-state index contributed by atoms with van der Waals surface area (Å²) in [5, 5.41) is 7.82. The van der Waals surface area contributed by atoms with Crippen LogP contribution in [0.25, 0.3) is 10.9 Å². The van der Waals surface area contributed by atoms with Crippen molar-refractivity contribution < 1.29 is 9.53 Å². The minimum atomic E-state index is -0.408. The third-order valence-electron chi connectivity index (χ3n) is 5.54. The van der Waals surface area contributed by atoms with Gasteiger partial charge in [-0.15, -0.1) is 0 Å². The molecule has 0 bridgehead atoms. The Morgan fingerprint density at radius 1 is 1.11 bits per heavy atom. The predicted molar refractivity (Wildman–Crippen MR) is 155 cm³/mol. The summed E-state index contributed by atoms with van der Waals surface area (Å²) in [7, 11) is 0. The van der Waals surface area contributed by atoms with Crippen LogP contribution < -0.4 is 15.6 Å². The number of nitrogens with zero attached hydrogens (tertiary/aromatic N) is 3. The van der Waals surface area contributed by atoms with Crippen LogP contribution in [0, 0.1) is 6.92 Å². The van der Waals surface area contributed by atoms with Gasteiger partial charge in [0.05, 0.1) is 21.6 Å². The second kappa shape index (κ2) is 11.0. The Balaban J connectivity index is 1.54. The highest BCUT2D eigenvalue weighted by Crippen LogP contribution is 2.26. The highest BCUT2D eigenvalue weighted by atomic mass is 79.9. The highest BCUT2D eigenvalue weighted by molar-refractivity contribution is 9.10. The molecule has 0 fully saturated rings. The summed E-state index contributed by atoms with van der Waals surface area (Å²) in [4.78, 5) is 30.4. The molecule has 37 heavy (non-hydrogen) atoms. The number of hydrogen-bond donors (Lipinski definition) is 1. The van der Waals surface area contributed by atoms with Gasteiger partial charge in [0.1, 0.15) is 11.6 Å². The minimum absolute atomic E-state index is 0.136. The molecule has 0 aliphatic rings. The van der Waals surface area contributed by atoms with Gasteiger partial charge in [0, 0.05) is 15.6 Å². The fourth-order valence-electron chi connectivity index (χ4n) is 3.62. The second-order valence-electron chi connectivity index (χ2n) is 9.55. The molecule has 1 heterocycles. The van der Waals surface area contributed by atoms with Gasteiger partial charge in [0.15, 0.2) is 6.61 Å². The molecule has 0 unspecified atom stereocenters. The number of para-hydroxylation sites is 1. The number of carbonyl (C=O) groups is 1. The lowest BCUT2D eigenvalue weighted by molar-refractivity contribution is -0.118. The van der Waals surface area contributed by atoms with Crippen LogP contribution in [0.5, 0.6) is 5.75 Å². The molecule has 0 aliphatic heterocycles. The predicted octanol–water partition coefficient (Wildman–Crippen LogP) is 6.43. The van der Waals surface area contributed by atoms with Gasteiger partial charge < -0.3 is 10.1 Å². The lowest BCUT2D eigenvalue weighted by atomic mass is 9.95. The molecule has 0 spiro atoms.